The molecule has 8 heteroatoms. The van der Waals surface area contributed by atoms with Gasteiger partial charge in [0, 0.05) is 25.7 Å². The summed E-state index contributed by atoms with van der Waals surface area (Å²) >= 11 is 0. The van der Waals surface area contributed by atoms with Gasteiger partial charge in [0.15, 0.2) is 0 Å². The third-order valence-electron chi connectivity index (χ3n) is 5.68. The zero-order valence-electron chi connectivity index (χ0n) is 19.0. The highest BCUT2D eigenvalue weighted by atomic mass is 32.2. The van der Waals surface area contributed by atoms with Crippen molar-refractivity contribution in [1.82, 2.24) is 10.0 Å². The van der Waals surface area contributed by atoms with Crippen LogP contribution in [0.5, 0.6) is 0 Å². The maximum atomic E-state index is 13.1. The largest absolute Gasteiger partial charge is 0.351 e. The number of carbonyl (C=O) groups is 2. The van der Waals surface area contributed by atoms with Gasteiger partial charge in [-0.15, -0.1) is 0 Å². The van der Waals surface area contributed by atoms with E-state index in [2.05, 4.69) is 10.0 Å². The molecule has 0 bridgehead atoms. The quantitative estimate of drug-likeness (QED) is 0.668. The molecule has 2 N–H and O–H groups in total. The second-order valence-corrected chi connectivity index (χ2v) is 10.3. The fourth-order valence-corrected chi connectivity index (χ4v) is 5.19. The number of hydrogen-bond acceptors (Lipinski definition) is 4. The molecule has 0 aromatic heterocycles. The summed E-state index contributed by atoms with van der Waals surface area (Å²) in [5.74, 6) is -0.678. The fraction of sp³-hybridized carbons (Fsp3) is 0.417. The number of amides is 2. The number of carbonyl (C=O) groups excluding carboxylic acids is 2. The third kappa shape index (κ3) is 5.55. The standard InChI is InChI=1S/C24H31N3O4S/c1-16(2)23(24(29)25-15-19-9-7-17(3)8-10-19)26-32(30,31)21-11-12-22-20(14-21)6-5-13-27(22)18(4)28/h7-12,14,16,23,26H,5-6,13,15H2,1-4H3,(H,25,29)/t23-/m1/s1. The van der Waals surface area contributed by atoms with Gasteiger partial charge in [-0.05, 0) is 55.0 Å². The lowest BCUT2D eigenvalue weighted by Gasteiger charge is -2.29. The molecule has 2 amide bonds. The molecule has 0 saturated heterocycles. The molecule has 0 spiro atoms. The van der Waals surface area contributed by atoms with Crippen molar-refractivity contribution in [2.75, 3.05) is 11.4 Å². The van der Waals surface area contributed by atoms with Gasteiger partial charge in [-0.25, -0.2) is 8.42 Å². The molecule has 0 radical (unpaired) electrons. The van der Waals surface area contributed by atoms with Crippen LogP contribution in [0.1, 0.15) is 43.9 Å². The van der Waals surface area contributed by atoms with Crippen molar-refractivity contribution in [2.24, 2.45) is 5.92 Å². The molecule has 3 rings (SSSR count). The summed E-state index contributed by atoms with van der Waals surface area (Å²) < 4.78 is 28.8. The number of benzene rings is 2. The Morgan fingerprint density at radius 1 is 1.09 bits per heavy atom. The molecular formula is C24H31N3O4S. The monoisotopic (exact) mass is 457 g/mol. The van der Waals surface area contributed by atoms with Gasteiger partial charge >= 0.3 is 0 Å². The average molecular weight is 458 g/mol. The van der Waals surface area contributed by atoms with Gasteiger partial charge in [0.1, 0.15) is 6.04 Å². The van der Waals surface area contributed by atoms with Crippen molar-refractivity contribution in [1.29, 1.82) is 0 Å². The van der Waals surface area contributed by atoms with Gasteiger partial charge in [0.05, 0.1) is 4.90 Å². The zero-order valence-corrected chi connectivity index (χ0v) is 19.8. The van der Waals surface area contributed by atoms with Crippen molar-refractivity contribution in [3.05, 3.63) is 59.2 Å². The molecule has 1 aliphatic rings. The van der Waals surface area contributed by atoms with Crippen molar-refractivity contribution in [3.8, 4) is 0 Å². The molecule has 0 saturated carbocycles. The molecule has 1 atom stereocenters. The summed E-state index contributed by atoms with van der Waals surface area (Å²) in [7, 11) is -3.92. The number of sulfonamides is 1. The number of rotatable bonds is 7. The predicted molar refractivity (Wildman–Crippen MR) is 125 cm³/mol. The summed E-state index contributed by atoms with van der Waals surface area (Å²) in [6.07, 6.45) is 1.48. The lowest BCUT2D eigenvalue weighted by Crippen LogP contribution is -2.49. The second kappa shape index (κ2) is 9.83. The average Bonchev–Trinajstić information content (AvgIpc) is 2.75. The van der Waals surface area contributed by atoms with Gasteiger partial charge in [-0.1, -0.05) is 43.7 Å². The van der Waals surface area contributed by atoms with Crippen LogP contribution in [0.3, 0.4) is 0 Å². The summed E-state index contributed by atoms with van der Waals surface area (Å²) in [6.45, 7) is 8.05. The first-order valence-electron chi connectivity index (χ1n) is 10.8. The van der Waals surface area contributed by atoms with Crippen LogP contribution in [0.15, 0.2) is 47.4 Å². The summed E-state index contributed by atoms with van der Waals surface area (Å²) in [4.78, 5) is 26.4. The molecule has 1 heterocycles. The Hall–Kier alpha value is -2.71. The fourth-order valence-electron chi connectivity index (χ4n) is 3.80. The van der Waals surface area contributed by atoms with E-state index in [9.17, 15) is 18.0 Å². The first-order valence-corrected chi connectivity index (χ1v) is 12.3. The van der Waals surface area contributed by atoms with E-state index in [1.54, 1.807) is 30.9 Å². The lowest BCUT2D eigenvalue weighted by molar-refractivity contribution is -0.123. The van der Waals surface area contributed by atoms with Crippen LogP contribution in [0.2, 0.25) is 0 Å². The molecule has 2 aromatic rings. The Kier molecular flexibility index (Phi) is 7.36. The summed E-state index contributed by atoms with van der Waals surface area (Å²) in [5.41, 5.74) is 3.64. The van der Waals surface area contributed by atoms with Crippen LogP contribution >= 0.6 is 0 Å². The Bertz CT molecular complexity index is 1090. The molecule has 0 unspecified atom stereocenters. The number of anilines is 1. The van der Waals surface area contributed by atoms with Crippen molar-refractivity contribution >= 4 is 27.5 Å². The summed E-state index contributed by atoms with van der Waals surface area (Å²) in [6, 6.07) is 11.7. The van der Waals surface area contributed by atoms with E-state index in [0.717, 1.165) is 28.8 Å². The molecule has 1 aliphatic heterocycles. The molecule has 0 fully saturated rings. The van der Waals surface area contributed by atoms with Gasteiger partial charge in [-0.3, -0.25) is 9.59 Å². The van der Waals surface area contributed by atoms with Crippen molar-refractivity contribution in [3.63, 3.8) is 0 Å². The van der Waals surface area contributed by atoms with Crippen molar-refractivity contribution in [2.45, 2.75) is 58.0 Å². The van der Waals surface area contributed by atoms with Crippen molar-refractivity contribution < 1.29 is 18.0 Å². The van der Waals surface area contributed by atoms with Crippen LogP contribution in [0.25, 0.3) is 0 Å². The van der Waals surface area contributed by atoms with Crippen LogP contribution < -0.4 is 14.9 Å². The third-order valence-corrected chi connectivity index (χ3v) is 7.12. The van der Waals surface area contributed by atoms with Crippen LogP contribution in [-0.2, 0) is 32.6 Å². The molecular weight excluding hydrogens is 426 g/mol. The number of aryl methyl sites for hydroxylation is 2. The van der Waals surface area contributed by atoms with E-state index >= 15 is 0 Å². The molecule has 7 nitrogen and oxygen atoms in total. The van der Waals surface area contributed by atoms with E-state index in [-0.39, 0.29) is 22.6 Å². The first-order chi connectivity index (χ1) is 15.1. The van der Waals surface area contributed by atoms with E-state index in [1.807, 2.05) is 31.2 Å². The Labute approximate surface area is 190 Å². The minimum Gasteiger partial charge on any atom is -0.351 e. The normalized spacial score (nSPS) is 14.7. The van der Waals surface area contributed by atoms with Gasteiger partial charge in [0.25, 0.3) is 0 Å². The van der Waals surface area contributed by atoms with Gasteiger partial charge in [0.2, 0.25) is 21.8 Å². The Morgan fingerprint density at radius 2 is 1.78 bits per heavy atom. The Morgan fingerprint density at radius 3 is 2.41 bits per heavy atom. The Balaban J connectivity index is 1.75. The van der Waals surface area contributed by atoms with E-state index in [4.69, 9.17) is 0 Å². The highest BCUT2D eigenvalue weighted by Crippen LogP contribution is 2.29. The number of nitrogens with zero attached hydrogens (tertiary/aromatic N) is 1. The predicted octanol–water partition coefficient (Wildman–Crippen LogP) is 2.91. The van der Waals surface area contributed by atoms with E-state index in [1.165, 1.54) is 13.0 Å². The SMILES string of the molecule is CC(=O)N1CCCc2cc(S(=O)(=O)N[C@@H](C(=O)NCc3ccc(C)cc3)C(C)C)ccc21. The molecule has 0 aliphatic carbocycles. The maximum absolute atomic E-state index is 13.1. The molecule has 172 valence electrons. The minimum atomic E-state index is -3.92. The summed E-state index contributed by atoms with van der Waals surface area (Å²) in [5, 5.41) is 2.83. The van der Waals surface area contributed by atoms with Crippen LogP contribution in [0.4, 0.5) is 5.69 Å². The van der Waals surface area contributed by atoms with Gasteiger partial charge < -0.3 is 10.2 Å². The van der Waals surface area contributed by atoms with E-state index in [0.29, 0.717) is 19.5 Å². The highest BCUT2D eigenvalue weighted by Gasteiger charge is 2.29. The van der Waals surface area contributed by atoms with Crippen LogP contribution in [-0.4, -0.2) is 32.8 Å². The molecule has 2 aromatic carbocycles. The van der Waals surface area contributed by atoms with Gasteiger partial charge in [-0.2, -0.15) is 4.72 Å². The second-order valence-electron chi connectivity index (χ2n) is 8.61. The number of hydrogen-bond donors (Lipinski definition) is 2. The number of nitrogens with one attached hydrogen (secondary N) is 2. The highest BCUT2D eigenvalue weighted by molar-refractivity contribution is 7.89. The maximum Gasteiger partial charge on any atom is 0.241 e. The minimum absolute atomic E-state index is 0.0650. The smallest absolute Gasteiger partial charge is 0.241 e. The number of fused-ring (bicyclic) bond motifs is 1. The topological polar surface area (TPSA) is 95.6 Å². The van der Waals surface area contributed by atoms with Crippen LogP contribution in [0, 0.1) is 12.8 Å². The molecule has 32 heavy (non-hydrogen) atoms. The zero-order chi connectivity index (χ0) is 23.5. The van der Waals surface area contributed by atoms with E-state index < -0.39 is 16.1 Å². The lowest BCUT2D eigenvalue weighted by atomic mass is 10.0. The first kappa shape index (κ1) is 23.9.